The zero-order valence-corrected chi connectivity index (χ0v) is 9.66. The summed E-state index contributed by atoms with van der Waals surface area (Å²) in [5, 5.41) is 3.17. The Bertz CT molecular complexity index is 272. The molecule has 0 saturated heterocycles. The molecule has 15 heavy (non-hydrogen) atoms. The monoisotopic (exact) mass is 209 g/mol. The molecule has 0 radical (unpaired) electrons. The highest BCUT2D eigenvalue weighted by atomic mass is 16.5. The van der Waals surface area contributed by atoms with Crippen molar-refractivity contribution in [2.75, 3.05) is 19.0 Å². The maximum Gasteiger partial charge on any atom is 0.222 e. The lowest BCUT2D eigenvalue weighted by molar-refractivity contribution is 0.411. The van der Waals surface area contributed by atoms with E-state index < -0.39 is 0 Å². The van der Waals surface area contributed by atoms with Crippen LogP contribution in [-0.4, -0.2) is 23.6 Å². The van der Waals surface area contributed by atoms with E-state index in [0.29, 0.717) is 11.7 Å². The molecule has 0 amide bonds. The van der Waals surface area contributed by atoms with Crippen LogP contribution in [0.5, 0.6) is 5.75 Å². The maximum absolute atomic E-state index is 4.97. The Labute approximate surface area is 91.1 Å². The molecule has 0 unspecified atom stereocenters. The molecule has 0 bridgehead atoms. The van der Waals surface area contributed by atoms with Crippen molar-refractivity contribution in [2.45, 2.75) is 26.7 Å². The Morgan fingerprint density at radius 1 is 1.33 bits per heavy atom. The predicted molar refractivity (Wildman–Crippen MR) is 61.1 cm³/mol. The summed E-state index contributed by atoms with van der Waals surface area (Å²) >= 11 is 0. The molecule has 0 fully saturated rings. The first-order chi connectivity index (χ1) is 7.22. The van der Waals surface area contributed by atoms with E-state index in [0.717, 1.165) is 18.9 Å². The fourth-order valence-corrected chi connectivity index (χ4v) is 1.22. The fourth-order valence-electron chi connectivity index (χ4n) is 1.22. The molecule has 0 saturated carbocycles. The van der Waals surface area contributed by atoms with Crippen molar-refractivity contribution >= 4 is 5.95 Å². The van der Waals surface area contributed by atoms with Gasteiger partial charge in [0, 0.05) is 6.54 Å². The third kappa shape index (κ3) is 4.63. The van der Waals surface area contributed by atoms with Gasteiger partial charge in [-0.2, -0.15) is 0 Å². The molecule has 0 spiro atoms. The van der Waals surface area contributed by atoms with Crippen LogP contribution in [0.15, 0.2) is 12.4 Å². The first-order valence-electron chi connectivity index (χ1n) is 5.32. The van der Waals surface area contributed by atoms with Crippen LogP contribution < -0.4 is 10.1 Å². The van der Waals surface area contributed by atoms with Gasteiger partial charge in [0.2, 0.25) is 5.95 Å². The van der Waals surface area contributed by atoms with E-state index in [1.165, 1.54) is 6.42 Å². The number of aromatic nitrogens is 2. The lowest BCUT2D eigenvalue weighted by atomic mass is 10.1. The highest BCUT2D eigenvalue weighted by molar-refractivity contribution is 5.26. The SMILES string of the molecule is COc1cnc(NCCCC(C)C)nc1. The van der Waals surface area contributed by atoms with Gasteiger partial charge < -0.3 is 10.1 Å². The second-order valence-corrected chi connectivity index (χ2v) is 3.91. The van der Waals surface area contributed by atoms with Gasteiger partial charge in [0.25, 0.3) is 0 Å². The number of hydrogen-bond donors (Lipinski definition) is 1. The van der Waals surface area contributed by atoms with Crippen LogP contribution >= 0.6 is 0 Å². The number of nitrogens with one attached hydrogen (secondary N) is 1. The van der Waals surface area contributed by atoms with Gasteiger partial charge >= 0.3 is 0 Å². The summed E-state index contributed by atoms with van der Waals surface area (Å²) in [6.07, 6.45) is 5.70. The number of nitrogens with zero attached hydrogens (tertiary/aromatic N) is 2. The molecular formula is C11H19N3O. The Kier molecular flexibility index (Phi) is 4.87. The maximum atomic E-state index is 4.97. The minimum absolute atomic E-state index is 0.666. The van der Waals surface area contributed by atoms with Crippen molar-refractivity contribution in [2.24, 2.45) is 5.92 Å². The van der Waals surface area contributed by atoms with Crippen LogP contribution in [0.3, 0.4) is 0 Å². The first-order valence-corrected chi connectivity index (χ1v) is 5.32. The molecule has 1 aromatic rings. The lowest BCUT2D eigenvalue weighted by Gasteiger charge is -2.06. The summed E-state index contributed by atoms with van der Waals surface area (Å²) in [5.74, 6) is 2.10. The van der Waals surface area contributed by atoms with Crippen molar-refractivity contribution < 1.29 is 4.74 Å². The molecule has 0 aliphatic carbocycles. The van der Waals surface area contributed by atoms with Gasteiger partial charge in [-0.1, -0.05) is 13.8 Å². The molecular weight excluding hydrogens is 190 g/mol. The highest BCUT2D eigenvalue weighted by Crippen LogP contribution is 2.08. The molecule has 0 atom stereocenters. The minimum atomic E-state index is 0.666. The van der Waals surface area contributed by atoms with E-state index in [4.69, 9.17) is 4.74 Å². The minimum Gasteiger partial charge on any atom is -0.494 e. The Morgan fingerprint density at radius 3 is 2.53 bits per heavy atom. The van der Waals surface area contributed by atoms with E-state index in [9.17, 15) is 0 Å². The molecule has 4 heteroatoms. The van der Waals surface area contributed by atoms with Crippen molar-refractivity contribution in [1.82, 2.24) is 9.97 Å². The van der Waals surface area contributed by atoms with E-state index in [-0.39, 0.29) is 0 Å². The summed E-state index contributed by atoms with van der Waals surface area (Å²) in [6.45, 7) is 5.37. The summed E-state index contributed by atoms with van der Waals surface area (Å²) in [4.78, 5) is 8.24. The number of methoxy groups -OCH3 is 1. The summed E-state index contributed by atoms with van der Waals surface area (Å²) in [5.41, 5.74) is 0. The predicted octanol–water partition coefficient (Wildman–Crippen LogP) is 2.33. The molecule has 84 valence electrons. The molecule has 0 aliphatic heterocycles. The summed E-state index contributed by atoms with van der Waals surface area (Å²) in [6, 6.07) is 0. The van der Waals surface area contributed by atoms with Crippen LogP contribution in [0.1, 0.15) is 26.7 Å². The second-order valence-electron chi connectivity index (χ2n) is 3.91. The van der Waals surface area contributed by atoms with E-state index in [2.05, 4.69) is 29.1 Å². The second kappa shape index (κ2) is 6.22. The molecule has 4 nitrogen and oxygen atoms in total. The van der Waals surface area contributed by atoms with Crippen LogP contribution in [-0.2, 0) is 0 Å². The molecule has 0 aromatic carbocycles. The fraction of sp³-hybridized carbons (Fsp3) is 0.636. The standard InChI is InChI=1S/C11H19N3O/c1-9(2)5-4-6-12-11-13-7-10(15-3)8-14-11/h7-9H,4-6H2,1-3H3,(H,12,13,14). The third-order valence-corrected chi connectivity index (χ3v) is 2.11. The quantitative estimate of drug-likeness (QED) is 0.730. The van der Waals surface area contributed by atoms with Gasteiger partial charge in [0.15, 0.2) is 5.75 Å². The van der Waals surface area contributed by atoms with Crippen molar-refractivity contribution in [3.05, 3.63) is 12.4 Å². The van der Waals surface area contributed by atoms with Gasteiger partial charge in [-0.05, 0) is 18.8 Å². The Hall–Kier alpha value is -1.32. The zero-order chi connectivity index (χ0) is 11.1. The Balaban J connectivity index is 2.25. The normalized spacial score (nSPS) is 10.4. The molecule has 1 N–H and O–H groups in total. The van der Waals surface area contributed by atoms with Crippen molar-refractivity contribution in [1.29, 1.82) is 0 Å². The van der Waals surface area contributed by atoms with Crippen molar-refractivity contribution in [3.63, 3.8) is 0 Å². The number of rotatable bonds is 6. The first kappa shape index (κ1) is 11.8. The summed E-state index contributed by atoms with van der Waals surface area (Å²) in [7, 11) is 1.61. The highest BCUT2D eigenvalue weighted by Gasteiger charge is 1.97. The van der Waals surface area contributed by atoms with Crippen LogP contribution in [0, 0.1) is 5.92 Å². The van der Waals surface area contributed by atoms with Gasteiger partial charge in [-0.15, -0.1) is 0 Å². The van der Waals surface area contributed by atoms with Gasteiger partial charge in [0.05, 0.1) is 19.5 Å². The molecule has 0 aliphatic rings. The average molecular weight is 209 g/mol. The van der Waals surface area contributed by atoms with Crippen LogP contribution in [0.4, 0.5) is 5.95 Å². The van der Waals surface area contributed by atoms with E-state index >= 15 is 0 Å². The molecule has 1 rings (SSSR count). The number of anilines is 1. The number of hydrogen-bond acceptors (Lipinski definition) is 4. The topological polar surface area (TPSA) is 47.0 Å². The van der Waals surface area contributed by atoms with E-state index in [1.54, 1.807) is 19.5 Å². The van der Waals surface area contributed by atoms with Gasteiger partial charge in [-0.3, -0.25) is 0 Å². The van der Waals surface area contributed by atoms with Crippen LogP contribution in [0.25, 0.3) is 0 Å². The van der Waals surface area contributed by atoms with Crippen molar-refractivity contribution in [3.8, 4) is 5.75 Å². The molecule has 1 aromatic heterocycles. The smallest absolute Gasteiger partial charge is 0.222 e. The largest absolute Gasteiger partial charge is 0.494 e. The average Bonchev–Trinajstić information content (AvgIpc) is 2.25. The number of ether oxygens (including phenoxy) is 1. The van der Waals surface area contributed by atoms with Gasteiger partial charge in [0.1, 0.15) is 0 Å². The third-order valence-electron chi connectivity index (χ3n) is 2.11. The Morgan fingerprint density at radius 2 is 2.00 bits per heavy atom. The molecule has 1 heterocycles. The van der Waals surface area contributed by atoms with E-state index in [1.807, 2.05) is 0 Å². The lowest BCUT2D eigenvalue weighted by Crippen LogP contribution is -2.06. The van der Waals surface area contributed by atoms with Crippen LogP contribution in [0.2, 0.25) is 0 Å². The summed E-state index contributed by atoms with van der Waals surface area (Å²) < 4.78 is 4.97. The van der Waals surface area contributed by atoms with Gasteiger partial charge in [-0.25, -0.2) is 9.97 Å². The zero-order valence-electron chi connectivity index (χ0n) is 9.66.